The lowest BCUT2D eigenvalue weighted by molar-refractivity contribution is 0.602. The molecule has 2 aromatic rings. The van der Waals surface area contributed by atoms with Crippen molar-refractivity contribution in [1.82, 2.24) is 19.6 Å². The van der Waals surface area contributed by atoms with Crippen molar-refractivity contribution in [2.75, 3.05) is 5.32 Å². The van der Waals surface area contributed by atoms with Crippen molar-refractivity contribution in [3.8, 4) is 0 Å². The molecule has 110 valence electrons. The molecule has 1 aliphatic carbocycles. The minimum absolute atomic E-state index is 0. The van der Waals surface area contributed by atoms with Crippen LogP contribution in [0.5, 0.6) is 0 Å². The molecule has 20 heavy (non-hydrogen) atoms. The van der Waals surface area contributed by atoms with E-state index in [4.69, 9.17) is 0 Å². The Balaban J connectivity index is 0.00000147. The molecule has 0 amide bonds. The summed E-state index contributed by atoms with van der Waals surface area (Å²) in [4.78, 5) is 0. The molecule has 0 spiro atoms. The molecule has 0 bridgehead atoms. The van der Waals surface area contributed by atoms with E-state index in [1.54, 1.807) is 0 Å². The van der Waals surface area contributed by atoms with Crippen LogP contribution >= 0.6 is 12.4 Å². The Morgan fingerprint density at radius 1 is 1.40 bits per heavy atom. The van der Waals surface area contributed by atoms with Crippen molar-refractivity contribution in [3.05, 3.63) is 29.7 Å². The maximum atomic E-state index is 4.55. The summed E-state index contributed by atoms with van der Waals surface area (Å²) >= 11 is 0. The average Bonchev–Trinajstić information content (AvgIpc) is 3.05. The van der Waals surface area contributed by atoms with Gasteiger partial charge in [0.05, 0.1) is 11.9 Å². The van der Waals surface area contributed by atoms with Crippen LogP contribution in [0.15, 0.2) is 18.5 Å². The highest BCUT2D eigenvalue weighted by atomic mass is 35.5. The van der Waals surface area contributed by atoms with Crippen LogP contribution in [0.2, 0.25) is 0 Å². The predicted molar refractivity (Wildman–Crippen MR) is 82.3 cm³/mol. The lowest BCUT2D eigenvalue weighted by Crippen LogP contribution is -2.04. The van der Waals surface area contributed by atoms with Gasteiger partial charge < -0.3 is 5.32 Å². The second-order valence-electron chi connectivity index (χ2n) is 5.32. The Morgan fingerprint density at radius 2 is 2.20 bits per heavy atom. The number of hydrogen-bond acceptors (Lipinski definition) is 3. The van der Waals surface area contributed by atoms with Crippen molar-refractivity contribution in [1.29, 1.82) is 0 Å². The number of aryl methyl sites for hydroxylation is 2. The van der Waals surface area contributed by atoms with E-state index >= 15 is 0 Å². The lowest BCUT2D eigenvalue weighted by atomic mass is 10.3. The standard InChI is InChI=1S/C14H21N5.ClH/c1-3-6-19-10-11(9-16-19)8-15-14-7-13(12-4-5-12)17-18(14)2;/h7,9-10,12,15H,3-6,8H2,1-2H3;1H. The molecular weight excluding hydrogens is 274 g/mol. The monoisotopic (exact) mass is 295 g/mol. The summed E-state index contributed by atoms with van der Waals surface area (Å²) in [5.74, 6) is 1.79. The molecule has 1 saturated carbocycles. The van der Waals surface area contributed by atoms with E-state index < -0.39 is 0 Å². The second kappa shape index (κ2) is 6.31. The number of anilines is 1. The third-order valence-corrected chi connectivity index (χ3v) is 3.51. The molecule has 0 unspecified atom stereocenters. The van der Waals surface area contributed by atoms with E-state index in [1.165, 1.54) is 24.1 Å². The fourth-order valence-electron chi connectivity index (χ4n) is 2.28. The van der Waals surface area contributed by atoms with Gasteiger partial charge in [-0.15, -0.1) is 12.4 Å². The third-order valence-electron chi connectivity index (χ3n) is 3.51. The van der Waals surface area contributed by atoms with Crippen molar-refractivity contribution in [2.24, 2.45) is 7.05 Å². The van der Waals surface area contributed by atoms with Gasteiger partial charge in [-0.1, -0.05) is 6.92 Å². The molecule has 0 radical (unpaired) electrons. The quantitative estimate of drug-likeness (QED) is 0.891. The third kappa shape index (κ3) is 3.33. The van der Waals surface area contributed by atoms with Gasteiger partial charge in [-0.2, -0.15) is 10.2 Å². The molecule has 2 heterocycles. The Kier molecular flexibility index (Phi) is 4.70. The molecule has 0 aromatic carbocycles. The molecule has 3 rings (SSSR count). The smallest absolute Gasteiger partial charge is 0.124 e. The number of nitrogens with one attached hydrogen (secondary N) is 1. The molecule has 6 heteroatoms. The highest BCUT2D eigenvalue weighted by Gasteiger charge is 2.26. The number of nitrogens with zero attached hydrogens (tertiary/aromatic N) is 4. The van der Waals surface area contributed by atoms with Gasteiger partial charge in [-0.25, -0.2) is 0 Å². The highest BCUT2D eigenvalue weighted by molar-refractivity contribution is 5.85. The molecule has 2 aromatic heterocycles. The zero-order chi connectivity index (χ0) is 13.2. The topological polar surface area (TPSA) is 47.7 Å². The summed E-state index contributed by atoms with van der Waals surface area (Å²) in [5.41, 5.74) is 2.44. The SMILES string of the molecule is CCCn1cc(CNc2cc(C3CC3)nn2C)cn1.Cl. The predicted octanol–water partition coefficient (Wildman–Crippen LogP) is 2.94. The van der Waals surface area contributed by atoms with Gasteiger partial charge in [0.25, 0.3) is 0 Å². The summed E-state index contributed by atoms with van der Waals surface area (Å²) in [6, 6.07) is 2.17. The largest absolute Gasteiger partial charge is 0.366 e. The summed E-state index contributed by atoms with van der Waals surface area (Å²) in [6.45, 7) is 3.94. The van der Waals surface area contributed by atoms with E-state index in [1.807, 2.05) is 22.6 Å². The van der Waals surface area contributed by atoms with E-state index in [-0.39, 0.29) is 12.4 Å². The van der Waals surface area contributed by atoms with Gasteiger partial charge >= 0.3 is 0 Å². The van der Waals surface area contributed by atoms with Crippen LogP contribution in [-0.2, 0) is 20.1 Å². The molecule has 1 N–H and O–H groups in total. The number of hydrogen-bond donors (Lipinski definition) is 1. The Hall–Kier alpha value is -1.49. The van der Waals surface area contributed by atoms with Gasteiger partial charge in [0.1, 0.15) is 5.82 Å². The first-order valence-electron chi connectivity index (χ1n) is 7.05. The van der Waals surface area contributed by atoms with Crippen LogP contribution < -0.4 is 5.32 Å². The fourth-order valence-corrected chi connectivity index (χ4v) is 2.28. The lowest BCUT2D eigenvalue weighted by Gasteiger charge is -2.03. The van der Waals surface area contributed by atoms with Crippen molar-refractivity contribution < 1.29 is 0 Å². The number of aromatic nitrogens is 4. The van der Waals surface area contributed by atoms with Crippen LogP contribution in [0, 0.1) is 0 Å². The minimum atomic E-state index is 0. The molecule has 5 nitrogen and oxygen atoms in total. The first-order valence-corrected chi connectivity index (χ1v) is 7.05. The molecular formula is C14H22ClN5. The molecule has 1 fully saturated rings. The van der Waals surface area contributed by atoms with Gasteiger partial charge in [0.2, 0.25) is 0 Å². The van der Waals surface area contributed by atoms with Gasteiger partial charge in [0.15, 0.2) is 0 Å². The molecule has 1 aliphatic rings. The van der Waals surface area contributed by atoms with E-state index in [0.29, 0.717) is 5.92 Å². The first-order chi connectivity index (χ1) is 9.26. The average molecular weight is 296 g/mol. The molecule has 0 aliphatic heterocycles. The van der Waals surface area contributed by atoms with Gasteiger partial charge in [0, 0.05) is 43.9 Å². The normalized spacial score (nSPS) is 14.1. The van der Waals surface area contributed by atoms with Crippen molar-refractivity contribution in [3.63, 3.8) is 0 Å². The summed E-state index contributed by atoms with van der Waals surface area (Å²) < 4.78 is 3.93. The van der Waals surface area contributed by atoms with Crippen LogP contribution in [0.25, 0.3) is 0 Å². The van der Waals surface area contributed by atoms with E-state index in [2.05, 4.69) is 34.7 Å². The minimum Gasteiger partial charge on any atom is -0.366 e. The van der Waals surface area contributed by atoms with Crippen LogP contribution in [-0.4, -0.2) is 19.6 Å². The Labute approximate surface area is 125 Å². The highest BCUT2D eigenvalue weighted by Crippen LogP contribution is 2.39. The molecule has 0 saturated heterocycles. The summed E-state index contributed by atoms with van der Waals surface area (Å²) in [6.07, 6.45) is 7.73. The molecule has 0 atom stereocenters. The number of halogens is 1. The van der Waals surface area contributed by atoms with Crippen LogP contribution in [0.4, 0.5) is 5.82 Å². The van der Waals surface area contributed by atoms with Crippen molar-refractivity contribution in [2.45, 2.75) is 45.2 Å². The number of rotatable bonds is 6. The maximum absolute atomic E-state index is 4.55. The van der Waals surface area contributed by atoms with Gasteiger partial charge in [-0.05, 0) is 19.3 Å². The second-order valence-corrected chi connectivity index (χ2v) is 5.32. The van der Waals surface area contributed by atoms with Crippen LogP contribution in [0.3, 0.4) is 0 Å². The van der Waals surface area contributed by atoms with Crippen LogP contribution in [0.1, 0.15) is 43.4 Å². The maximum Gasteiger partial charge on any atom is 0.124 e. The Morgan fingerprint density at radius 3 is 2.90 bits per heavy atom. The summed E-state index contributed by atoms with van der Waals surface area (Å²) in [7, 11) is 1.99. The Bertz CT molecular complexity index is 556. The van der Waals surface area contributed by atoms with E-state index in [0.717, 1.165) is 25.3 Å². The van der Waals surface area contributed by atoms with Gasteiger partial charge in [-0.3, -0.25) is 9.36 Å². The van der Waals surface area contributed by atoms with E-state index in [9.17, 15) is 0 Å². The van der Waals surface area contributed by atoms with Crippen molar-refractivity contribution >= 4 is 18.2 Å². The zero-order valence-corrected chi connectivity index (χ0v) is 12.9. The fraction of sp³-hybridized carbons (Fsp3) is 0.571. The first kappa shape index (κ1) is 14.9. The zero-order valence-electron chi connectivity index (χ0n) is 12.0. The summed E-state index contributed by atoms with van der Waals surface area (Å²) in [5, 5.41) is 12.3.